The van der Waals surface area contributed by atoms with E-state index in [1.54, 1.807) is 0 Å². The maximum absolute atomic E-state index is 9.72. The Kier molecular flexibility index (Phi) is 6.20. The van der Waals surface area contributed by atoms with Crippen molar-refractivity contribution in [2.24, 2.45) is 5.92 Å². The molecule has 0 aromatic heterocycles. The lowest BCUT2D eigenvalue weighted by atomic mass is 9.85. The molecule has 0 aliphatic heterocycles. The Labute approximate surface area is 87.7 Å². The van der Waals surface area contributed by atoms with E-state index >= 15 is 0 Å². The fraction of sp³-hybridized carbons (Fsp3) is 1.00. The van der Waals surface area contributed by atoms with Gasteiger partial charge >= 0.3 is 0 Å². The Balaban J connectivity index is 1.99. The van der Waals surface area contributed by atoms with E-state index in [1.165, 1.54) is 25.7 Å². The zero-order chi connectivity index (χ0) is 10.2. The molecule has 0 aromatic carbocycles. The van der Waals surface area contributed by atoms with Crippen LogP contribution in [0.4, 0.5) is 0 Å². The van der Waals surface area contributed by atoms with Crippen molar-refractivity contribution in [3.63, 3.8) is 0 Å². The van der Waals surface area contributed by atoms with Crippen molar-refractivity contribution in [2.75, 3.05) is 13.2 Å². The van der Waals surface area contributed by atoms with Gasteiger partial charge in [0.15, 0.2) is 0 Å². The number of aliphatic hydroxyl groups is 1. The van der Waals surface area contributed by atoms with Gasteiger partial charge in [0.1, 0.15) is 0 Å². The highest BCUT2D eigenvalue weighted by molar-refractivity contribution is 4.73. The molecule has 1 fully saturated rings. The molecule has 2 nitrogen and oxygen atoms in total. The first-order valence-corrected chi connectivity index (χ1v) is 6.10. The average molecular weight is 200 g/mol. The topological polar surface area (TPSA) is 29.5 Å². The highest BCUT2D eigenvalue weighted by atomic mass is 16.5. The number of unbranched alkanes of at least 4 members (excludes halogenated alkanes) is 1. The molecule has 1 saturated carbocycles. The zero-order valence-electron chi connectivity index (χ0n) is 9.37. The summed E-state index contributed by atoms with van der Waals surface area (Å²) in [7, 11) is 0. The van der Waals surface area contributed by atoms with Crippen molar-refractivity contribution in [3.8, 4) is 0 Å². The van der Waals surface area contributed by atoms with E-state index in [9.17, 15) is 5.11 Å². The second kappa shape index (κ2) is 7.24. The van der Waals surface area contributed by atoms with Gasteiger partial charge in [0.05, 0.1) is 6.10 Å². The number of ether oxygens (including phenoxy) is 1. The summed E-state index contributed by atoms with van der Waals surface area (Å²) in [4.78, 5) is 0. The first-order valence-electron chi connectivity index (χ1n) is 6.10. The lowest BCUT2D eigenvalue weighted by Crippen LogP contribution is -2.25. The van der Waals surface area contributed by atoms with Crippen LogP contribution in [-0.4, -0.2) is 24.4 Å². The molecule has 1 aliphatic rings. The predicted octanol–water partition coefficient (Wildman–Crippen LogP) is 2.74. The summed E-state index contributed by atoms with van der Waals surface area (Å²) < 4.78 is 5.51. The molecule has 0 spiro atoms. The van der Waals surface area contributed by atoms with Gasteiger partial charge in [-0.25, -0.2) is 0 Å². The molecule has 1 aliphatic carbocycles. The summed E-state index contributed by atoms with van der Waals surface area (Å²) in [6, 6.07) is 0. The van der Waals surface area contributed by atoms with E-state index in [-0.39, 0.29) is 6.10 Å². The molecular formula is C12H24O2. The third-order valence-electron chi connectivity index (χ3n) is 3.14. The standard InChI is InChI=1S/C12H24O2/c1-2-3-9-14-10-8-11-6-4-5-7-12(11)13/h11-13H,2-10H2,1H3. The third kappa shape index (κ3) is 4.43. The fourth-order valence-electron chi connectivity index (χ4n) is 2.11. The molecular weight excluding hydrogens is 176 g/mol. The highest BCUT2D eigenvalue weighted by Gasteiger charge is 2.22. The molecule has 14 heavy (non-hydrogen) atoms. The van der Waals surface area contributed by atoms with E-state index in [2.05, 4.69) is 6.92 Å². The quantitative estimate of drug-likeness (QED) is 0.668. The van der Waals surface area contributed by atoms with Crippen molar-refractivity contribution in [1.29, 1.82) is 0 Å². The summed E-state index contributed by atoms with van der Waals surface area (Å²) in [5, 5.41) is 9.72. The van der Waals surface area contributed by atoms with Crippen LogP contribution >= 0.6 is 0 Å². The molecule has 0 heterocycles. The smallest absolute Gasteiger partial charge is 0.0569 e. The summed E-state index contributed by atoms with van der Waals surface area (Å²) in [6.45, 7) is 3.90. The van der Waals surface area contributed by atoms with Crippen LogP contribution in [0.3, 0.4) is 0 Å². The first-order chi connectivity index (χ1) is 6.84. The van der Waals surface area contributed by atoms with Crippen LogP contribution in [0.15, 0.2) is 0 Å². The second-order valence-corrected chi connectivity index (χ2v) is 4.37. The number of hydrogen-bond acceptors (Lipinski definition) is 2. The summed E-state index contributed by atoms with van der Waals surface area (Å²) in [5.41, 5.74) is 0. The molecule has 0 radical (unpaired) electrons. The van der Waals surface area contributed by atoms with Crippen LogP contribution in [-0.2, 0) is 4.74 Å². The molecule has 2 unspecified atom stereocenters. The first kappa shape index (κ1) is 12.0. The van der Waals surface area contributed by atoms with Crippen LogP contribution in [0, 0.1) is 5.92 Å². The summed E-state index contributed by atoms with van der Waals surface area (Å²) in [5.74, 6) is 0.505. The molecule has 0 saturated heterocycles. The Morgan fingerprint density at radius 3 is 2.71 bits per heavy atom. The van der Waals surface area contributed by atoms with E-state index < -0.39 is 0 Å². The van der Waals surface area contributed by atoms with Gasteiger partial charge in [-0.15, -0.1) is 0 Å². The number of aliphatic hydroxyl groups excluding tert-OH is 1. The van der Waals surface area contributed by atoms with Crippen molar-refractivity contribution in [3.05, 3.63) is 0 Å². The van der Waals surface area contributed by atoms with Crippen LogP contribution in [0.5, 0.6) is 0 Å². The molecule has 2 heteroatoms. The maximum atomic E-state index is 9.72. The Morgan fingerprint density at radius 1 is 1.21 bits per heavy atom. The van der Waals surface area contributed by atoms with E-state index in [0.29, 0.717) is 5.92 Å². The zero-order valence-corrected chi connectivity index (χ0v) is 9.37. The highest BCUT2D eigenvalue weighted by Crippen LogP contribution is 2.26. The van der Waals surface area contributed by atoms with Gasteiger partial charge in [0.25, 0.3) is 0 Å². The monoisotopic (exact) mass is 200 g/mol. The normalized spacial score (nSPS) is 27.9. The molecule has 0 bridgehead atoms. The predicted molar refractivity (Wildman–Crippen MR) is 58.3 cm³/mol. The number of hydrogen-bond donors (Lipinski definition) is 1. The van der Waals surface area contributed by atoms with Crippen molar-refractivity contribution in [1.82, 2.24) is 0 Å². The van der Waals surface area contributed by atoms with E-state index in [0.717, 1.165) is 32.5 Å². The summed E-state index contributed by atoms with van der Waals surface area (Å²) >= 11 is 0. The molecule has 84 valence electrons. The minimum absolute atomic E-state index is 0.0569. The van der Waals surface area contributed by atoms with Gasteiger partial charge in [-0.05, 0) is 31.6 Å². The van der Waals surface area contributed by atoms with Crippen molar-refractivity contribution >= 4 is 0 Å². The Morgan fingerprint density at radius 2 is 2.00 bits per heavy atom. The van der Waals surface area contributed by atoms with Gasteiger partial charge in [-0.1, -0.05) is 26.2 Å². The van der Waals surface area contributed by atoms with Crippen LogP contribution in [0.25, 0.3) is 0 Å². The molecule has 2 atom stereocenters. The third-order valence-corrected chi connectivity index (χ3v) is 3.14. The van der Waals surface area contributed by atoms with E-state index in [1.807, 2.05) is 0 Å². The lowest BCUT2D eigenvalue weighted by Gasteiger charge is -2.27. The second-order valence-electron chi connectivity index (χ2n) is 4.37. The van der Waals surface area contributed by atoms with Gasteiger partial charge in [0.2, 0.25) is 0 Å². The van der Waals surface area contributed by atoms with Crippen molar-refractivity contribution < 1.29 is 9.84 Å². The van der Waals surface area contributed by atoms with Gasteiger partial charge in [0, 0.05) is 13.2 Å². The SMILES string of the molecule is CCCCOCCC1CCCCC1O. The number of rotatable bonds is 6. The van der Waals surface area contributed by atoms with Gasteiger partial charge in [-0.2, -0.15) is 0 Å². The summed E-state index contributed by atoms with van der Waals surface area (Å²) in [6.07, 6.45) is 8.03. The molecule has 0 aromatic rings. The Bertz CT molecular complexity index is 136. The minimum Gasteiger partial charge on any atom is -0.393 e. The van der Waals surface area contributed by atoms with Crippen LogP contribution in [0.1, 0.15) is 51.9 Å². The largest absolute Gasteiger partial charge is 0.393 e. The average Bonchev–Trinajstić information content (AvgIpc) is 2.20. The maximum Gasteiger partial charge on any atom is 0.0569 e. The van der Waals surface area contributed by atoms with Gasteiger partial charge < -0.3 is 9.84 Å². The van der Waals surface area contributed by atoms with Crippen molar-refractivity contribution in [2.45, 2.75) is 58.0 Å². The lowest BCUT2D eigenvalue weighted by molar-refractivity contribution is 0.0393. The molecule has 1 N–H and O–H groups in total. The van der Waals surface area contributed by atoms with Gasteiger partial charge in [-0.3, -0.25) is 0 Å². The van der Waals surface area contributed by atoms with Crippen LogP contribution < -0.4 is 0 Å². The van der Waals surface area contributed by atoms with E-state index in [4.69, 9.17) is 4.74 Å². The Hall–Kier alpha value is -0.0800. The minimum atomic E-state index is -0.0569. The van der Waals surface area contributed by atoms with Crippen LogP contribution in [0.2, 0.25) is 0 Å². The fourth-order valence-corrected chi connectivity index (χ4v) is 2.11. The molecule has 1 rings (SSSR count). The molecule has 0 amide bonds.